The lowest BCUT2D eigenvalue weighted by Crippen LogP contribution is -2.63. The van der Waals surface area contributed by atoms with Crippen LogP contribution < -0.4 is 4.57 Å². The van der Waals surface area contributed by atoms with E-state index in [-0.39, 0.29) is 11.9 Å². The first-order valence-electron chi connectivity index (χ1n) is 9.31. The van der Waals surface area contributed by atoms with Crippen molar-refractivity contribution in [3.05, 3.63) is 41.2 Å². The maximum Gasteiger partial charge on any atom is 0.407 e. The standard InChI is InChI=1S/C20H24N5O2/c1-6-14-10-8-9-11-15(14)24-12(3)13(4)25-16-17(21-19(24)25)22(5)20(27)23(7-2)18(16)26/h8-11,16H,6-7H2,1-5H3/q+1. The van der Waals surface area contributed by atoms with E-state index in [2.05, 4.69) is 23.6 Å². The number of imidazole rings is 1. The van der Waals surface area contributed by atoms with Gasteiger partial charge in [-0.1, -0.05) is 30.1 Å². The Morgan fingerprint density at radius 1 is 1.15 bits per heavy atom. The van der Waals surface area contributed by atoms with E-state index in [0.29, 0.717) is 18.3 Å². The van der Waals surface area contributed by atoms with Crippen molar-refractivity contribution in [3.8, 4) is 5.69 Å². The molecule has 4 rings (SSSR count). The number of carbonyl (C=O) groups is 2. The van der Waals surface area contributed by atoms with Gasteiger partial charge < -0.3 is 0 Å². The summed E-state index contributed by atoms with van der Waals surface area (Å²) in [4.78, 5) is 33.1. The summed E-state index contributed by atoms with van der Waals surface area (Å²) in [5.74, 6) is 0.972. The number of aryl methyl sites for hydroxylation is 1. The van der Waals surface area contributed by atoms with Gasteiger partial charge in [0, 0.05) is 13.6 Å². The quantitative estimate of drug-likeness (QED) is 0.784. The van der Waals surface area contributed by atoms with Gasteiger partial charge in [0.05, 0.1) is 0 Å². The minimum Gasteiger partial charge on any atom is -0.270 e. The lowest BCUT2D eigenvalue weighted by atomic mass is 10.1. The van der Waals surface area contributed by atoms with Gasteiger partial charge in [0.15, 0.2) is 0 Å². The Balaban J connectivity index is 1.97. The topological polar surface area (TPSA) is 61.8 Å². The zero-order valence-electron chi connectivity index (χ0n) is 16.4. The Labute approximate surface area is 158 Å². The number of hydrogen-bond acceptors (Lipinski definition) is 3. The monoisotopic (exact) mass is 366 g/mol. The Bertz CT molecular complexity index is 1000. The summed E-state index contributed by atoms with van der Waals surface area (Å²) < 4.78 is 4.06. The molecule has 3 heterocycles. The molecule has 3 amide bonds. The molecule has 7 nitrogen and oxygen atoms in total. The average Bonchev–Trinajstić information content (AvgIpc) is 3.16. The van der Waals surface area contributed by atoms with Crippen LogP contribution in [0.4, 0.5) is 10.7 Å². The number of imide groups is 1. The van der Waals surface area contributed by atoms with E-state index in [0.717, 1.165) is 23.5 Å². The lowest BCUT2D eigenvalue weighted by molar-refractivity contribution is -0.682. The van der Waals surface area contributed by atoms with Gasteiger partial charge >= 0.3 is 12.0 Å². The van der Waals surface area contributed by atoms with Crippen LogP contribution in [0.1, 0.15) is 36.8 Å². The molecule has 1 aromatic carbocycles. The Kier molecular flexibility index (Phi) is 3.91. The number of benzene rings is 1. The number of para-hydroxylation sites is 1. The molecule has 0 bridgehead atoms. The van der Waals surface area contributed by atoms with Crippen molar-refractivity contribution >= 4 is 23.7 Å². The van der Waals surface area contributed by atoms with Crippen molar-refractivity contribution in [1.82, 2.24) is 14.4 Å². The number of likely N-dealkylation sites (N-methyl/N-ethyl adjacent to an activating group) is 2. The number of urea groups is 1. The van der Waals surface area contributed by atoms with Crippen LogP contribution >= 0.6 is 0 Å². The fourth-order valence-corrected chi connectivity index (χ4v) is 4.04. The van der Waals surface area contributed by atoms with E-state index in [1.54, 1.807) is 7.05 Å². The van der Waals surface area contributed by atoms with Crippen LogP contribution in [0.5, 0.6) is 0 Å². The van der Waals surface area contributed by atoms with E-state index in [9.17, 15) is 9.59 Å². The van der Waals surface area contributed by atoms with Gasteiger partial charge in [-0.2, -0.15) is 4.57 Å². The molecule has 0 radical (unpaired) electrons. The second kappa shape index (κ2) is 6.04. The second-order valence-corrected chi connectivity index (χ2v) is 6.96. The highest BCUT2D eigenvalue weighted by Crippen LogP contribution is 2.33. The molecule has 0 N–H and O–H groups in total. The predicted octanol–water partition coefficient (Wildman–Crippen LogP) is 2.44. The number of amides is 3. The molecule has 0 saturated carbocycles. The molecule has 1 unspecified atom stereocenters. The largest absolute Gasteiger partial charge is 0.407 e. The number of hydrogen-bond donors (Lipinski definition) is 0. The Morgan fingerprint density at radius 2 is 1.85 bits per heavy atom. The molecule has 1 fully saturated rings. The number of rotatable bonds is 3. The van der Waals surface area contributed by atoms with Gasteiger partial charge in [-0.05, 0) is 38.8 Å². The SMILES string of the molecule is CCc1ccccc1-n1c(C)c(C)[n+]2c1N=C1C2C(=O)N(CC)C(=O)N1C. The third-order valence-electron chi connectivity index (χ3n) is 5.64. The Hall–Kier alpha value is -2.96. The van der Waals surface area contributed by atoms with Crippen molar-refractivity contribution in [1.29, 1.82) is 0 Å². The summed E-state index contributed by atoms with van der Waals surface area (Å²) in [6, 6.07) is 7.31. The summed E-state index contributed by atoms with van der Waals surface area (Å²) in [6.45, 7) is 8.33. The number of amidine groups is 1. The fraction of sp³-hybridized carbons (Fsp3) is 0.400. The number of fused-ring (bicyclic) bond motifs is 3. The van der Waals surface area contributed by atoms with E-state index < -0.39 is 6.04 Å². The molecule has 2 aliphatic rings. The van der Waals surface area contributed by atoms with Crippen molar-refractivity contribution in [3.63, 3.8) is 0 Å². The third kappa shape index (κ3) is 2.20. The first-order chi connectivity index (χ1) is 12.9. The summed E-state index contributed by atoms with van der Waals surface area (Å²) in [7, 11) is 1.68. The first kappa shape index (κ1) is 17.5. The van der Waals surface area contributed by atoms with Crippen LogP contribution in [0.15, 0.2) is 29.3 Å². The Morgan fingerprint density at radius 3 is 2.52 bits per heavy atom. The smallest absolute Gasteiger partial charge is 0.270 e. The highest BCUT2D eigenvalue weighted by atomic mass is 16.2. The van der Waals surface area contributed by atoms with Gasteiger partial charge in [0.25, 0.3) is 5.91 Å². The van der Waals surface area contributed by atoms with Crippen molar-refractivity contribution in [2.24, 2.45) is 4.99 Å². The molecule has 1 atom stereocenters. The normalized spacial score (nSPS) is 18.7. The molecule has 27 heavy (non-hydrogen) atoms. The summed E-state index contributed by atoms with van der Waals surface area (Å²) in [5, 5.41) is 0. The van der Waals surface area contributed by atoms with E-state index in [1.165, 1.54) is 15.4 Å². The summed E-state index contributed by atoms with van der Waals surface area (Å²) >= 11 is 0. The summed E-state index contributed by atoms with van der Waals surface area (Å²) in [6.07, 6.45) is 0.896. The molecule has 1 aromatic heterocycles. The van der Waals surface area contributed by atoms with E-state index >= 15 is 0 Å². The van der Waals surface area contributed by atoms with E-state index in [1.807, 2.05) is 37.5 Å². The molecule has 7 heteroatoms. The van der Waals surface area contributed by atoms with Gasteiger partial charge in [-0.3, -0.25) is 14.6 Å². The average molecular weight is 366 g/mol. The molecular weight excluding hydrogens is 342 g/mol. The molecule has 0 spiro atoms. The van der Waals surface area contributed by atoms with Crippen LogP contribution in [0, 0.1) is 13.8 Å². The van der Waals surface area contributed by atoms with Crippen molar-refractivity contribution in [2.75, 3.05) is 13.6 Å². The number of aromatic nitrogens is 2. The number of carbonyl (C=O) groups excluding carboxylic acids is 2. The summed E-state index contributed by atoms with van der Waals surface area (Å²) in [5.41, 5.74) is 4.29. The molecule has 2 aliphatic heterocycles. The van der Waals surface area contributed by atoms with Crippen molar-refractivity contribution < 1.29 is 14.2 Å². The maximum absolute atomic E-state index is 13.1. The second-order valence-electron chi connectivity index (χ2n) is 6.96. The van der Waals surface area contributed by atoms with Gasteiger partial charge in [-0.15, -0.1) is 0 Å². The first-order valence-corrected chi connectivity index (χ1v) is 9.31. The van der Waals surface area contributed by atoms with Gasteiger partial charge in [0.2, 0.25) is 11.9 Å². The molecular formula is C20H24N5O2+. The van der Waals surface area contributed by atoms with Crippen LogP contribution in [-0.2, 0) is 11.2 Å². The van der Waals surface area contributed by atoms with E-state index in [4.69, 9.17) is 4.99 Å². The minimum atomic E-state index is -0.587. The molecule has 0 aliphatic carbocycles. The molecule has 2 aromatic rings. The zero-order valence-corrected chi connectivity index (χ0v) is 16.4. The van der Waals surface area contributed by atoms with Crippen molar-refractivity contribution in [2.45, 2.75) is 40.2 Å². The maximum atomic E-state index is 13.1. The molecule has 140 valence electrons. The lowest BCUT2D eigenvalue weighted by Gasteiger charge is -2.32. The predicted molar refractivity (Wildman–Crippen MR) is 101 cm³/mol. The number of aliphatic imine (C=N–C) groups is 1. The van der Waals surface area contributed by atoms with Gasteiger partial charge in [0.1, 0.15) is 17.1 Å². The highest BCUT2D eigenvalue weighted by Gasteiger charge is 2.54. The van der Waals surface area contributed by atoms with Crippen LogP contribution in [0.2, 0.25) is 0 Å². The fourth-order valence-electron chi connectivity index (χ4n) is 4.04. The minimum absolute atomic E-state index is 0.216. The van der Waals surface area contributed by atoms with Crippen LogP contribution in [-0.4, -0.2) is 45.7 Å². The van der Waals surface area contributed by atoms with Crippen LogP contribution in [0.25, 0.3) is 5.69 Å². The zero-order chi connectivity index (χ0) is 19.5. The number of nitrogens with zero attached hydrogens (tertiary/aromatic N) is 5. The van der Waals surface area contributed by atoms with Crippen LogP contribution in [0.3, 0.4) is 0 Å². The third-order valence-corrected chi connectivity index (χ3v) is 5.64. The highest BCUT2D eigenvalue weighted by molar-refractivity contribution is 6.19. The molecule has 1 saturated heterocycles. The van der Waals surface area contributed by atoms with Gasteiger partial charge in [-0.25, -0.2) is 9.36 Å².